The lowest BCUT2D eigenvalue weighted by Gasteiger charge is -2.27. The molecule has 0 heterocycles. The van der Waals surface area contributed by atoms with Crippen LogP contribution in [0.3, 0.4) is 0 Å². The van der Waals surface area contributed by atoms with Crippen LogP contribution in [0.4, 0.5) is 11.4 Å². The molecule has 4 heteroatoms. The van der Waals surface area contributed by atoms with Crippen LogP contribution in [-0.2, 0) is 4.74 Å². The molecule has 26 heavy (non-hydrogen) atoms. The number of nitrogens with one attached hydrogen (secondary N) is 2. The number of esters is 1. The molecule has 2 fully saturated rings. The molecule has 2 saturated carbocycles. The highest BCUT2D eigenvalue weighted by atomic mass is 16.6. The van der Waals surface area contributed by atoms with E-state index in [9.17, 15) is 4.79 Å². The molecule has 1 aromatic carbocycles. The second-order valence-electron chi connectivity index (χ2n) is 8.87. The van der Waals surface area contributed by atoms with Gasteiger partial charge >= 0.3 is 5.97 Å². The first-order valence-corrected chi connectivity index (χ1v) is 10.3. The Morgan fingerprint density at radius 2 is 1.42 bits per heavy atom. The number of ether oxygens (including phenoxy) is 1. The van der Waals surface area contributed by atoms with Crippen LogP contribution in [0.1, 0.15) is 88.9 Å². The minimum Gasteiger partial charge on any atom is -0.456 e. The maximum Gasteiger partial charge on any atom is 0.338 e. The minimum atomic E-state index is -0.477. The third kappa shape index (κ3) is 5.39. The lowest BCUT2D eigenvalue weighted by atomic mass is 9.95. The van der Waals surface area contributed by atoms with Crippen LogP contribution in [0.25, 0.3) is 0 Å². The molecular formula is C22H34N2O2. The second kappa shape index (κ2) is 8.32. The van der Waals surface area contributed by atoms with Gasteiger partial charge in [-0.25, -0.2) is 4.79 Å². The molecular weight excluding hydrogens is 324 g/mol. The molecule has 2 aliphatic rings. The molecule has 0 bridgehead atoms. The van der Waals surface area contributed by atoms with Crippen molar-refractivity contribution in [1.82, 2.24) is 0 Å². The second-order valence-corrected chi connectivity index (χ2v) is 8.87. The average Bonchev–Trinajstić information content (AvgIpc) is 3.09. The monoisotopic (exact) mass is 358 g/mol. The number of anilines is 2. The number of hydrogen-bond donors (Lipinski definition) is 2. The lowest BCUT2D eigenvalue weighted by Crippen LogP contribution is -2.25. The Morgan fingerprint density at radius 3 is 2.00 bits per heavy atom. The fourth-order valence-electron chi connectivity index (χ4n) is 4.01. The zero-order valence-electron chi connectivity index (χ0n) is 16.6. The van der Waals surface area contributed by atoms with Gasteiger partial charge in [-0.05, 0) is 64.7 Å². The van der Waals surface area contributed by atoms with Gasteiger partial charge in [0.2, 0.25) is 0 Å². The summed E-state index contributed by atoms with van der Waals surface area (Å²) in [6.07, 6.45) is 11.4. The number of carbonyl (C=O) groups excluding carboxylic acids is 1. The highest BCUT2D eigenvalue weighted by Gasteiger charge is 2.22. The van der Waals surface area contributed by atoms with Crippen molar-refractivity contribution < 1.29 is 9.53 Å². The quantitative estimate of drug-likeness (QED) is 0.659. The molecule has 4 nitrogen and oxygen atoms in total. The van der Waals surface area contributed by atoms with Gasteiger partial charge in [0.25, 0.3) is 0 Å². The Kier molecular flexibility index (Phi) is 6.10. The van der Waals surface area contributed by atoms with E-state index in [2.05, 4.69) is 10.6 Å². The summed E-state index contributed by atoms with van der Waals surface area (Å²) in [5, 5.41) is 7.41. The highest BCUT2D eigenvalue weighted by Crippen LogP contribution is 2.31. The van der Waals surface area contributed by atoms with Crippen LogP contribution in [0.2, 0.25) is 0 Å². The maximum atomic E-state index is 12.5. The summed E-state index contributed by atoms with van der Waals surface area (Å²) in [5.41, 5.74) is 2.31. The van der Waals surface area contributed by atoms with Crippen molar-refractivity contribution >= 4 is 17.3 Å². The van der Waals surface area contributed by atoms with Crippen molar-refractivity contribution in [3.05, 3.63) is 23.8 Å². The number of carbonyl (C=O) groups is 1. The SMILES string of the molecule is CC(C)(C)OC(=O)c1ccc(NC2CCCCC2)c(NC2CCCC2)c1. The predicted octanol–water partition coefficient (Wildman–Crippen LogP) is 5.74. The van der Waals surface area contributed by atoms with Crippen molar-refractivity contribution in [3.63, 3.8) is 0 Å². The van der Waals surface area contributed by atoms with E-state index in [-0.39, 0.29) is 5.97 Å². The average molecular weight is 359 g/mol. The summed E-state index contributed by atoms with van der Waals surface area (Å²) in [6, 6.07) is 6.96. The van der Waals surface area contributed by atoms with E-state index in [1.165, 1.54) is 57.8 Å². The Bertz CT molecular complexity index is 609. The summed E-state index contributed by atoms with van der Waals surface area (Å²) in [5.74, 6) is -0.254. The third-order valence-corrected chi connectivity index (χ3v) is 5.33. The summed E-state index contributed by atoms with van der Waals surface area (Å²) >= 11 is 0. The Labute approximate surface area is 158 Å². The molecule has 0 unspecified atom stereocenters. The van der Waals surface area contributed by atoms with Crippen LogP contribution in [0.15, 0.2) is 18.2 Å². The molecule has 0 aliphatic heterocycles. The first kappa shape index (κ1) is 19.1. The molecule has 144 valence electrons. The van der Waals surface area contributed by atoms with Crippen molar-refractivity contribution in [1.29, 1.82) is 0 Å². The van der Waals surface area contributed by atoms with Crippen molar-refractivity contribution in [3.8, 4) is 0 Å². The van der Waals surface area contributed by atoms with Gasteiger partial charge in [-0.15, -0.1) is 0 Å². The van der Waals surface area contributed by atoms with Crippen molar-refractivity contribution in [2.45, 2.75) is 96.2 Å². The molecule has 2 aliphatic carbocycles. The molecule has 0 atom stereocenters. The van der Waals surface area contributed by atoms with Gasteiger partial charge in [-0.3, -0.25) is 0 Å². The van der Waals surface area contributed by atoms with E-state index in [4.69, 9.17) is 4.74 Å². The molecule has 0 aromatic heterocycles. The molecule has 0 amide bonds. The van der Waals surface area contributed by atoms with Crippen LogP contribution >= 0.6 is 0 Å². The molecule has 2 N–H and O–H groups in total. The fraction of sp³-hybridized carbons (Fsp3) is 0.682. The van der Waals surface area contributed by atoms with Crippen LogP contribution in [0.5, 0.6) is 0 Å². The van der Waals surface area contributed by atoms with Gasteiger partial charge in [-0.1, -0.05) is 32.1 Å². The van der Waals surface area contributed by atoms with E-state index in [1.54, 1.807) is 0 Å². The largest absolute Gasteiger partial charge is 0.456 e. The van der Waals surface area contributed by atoms with E-state index < -0.39 is 5.60 Å². The van der Waals surface area contributed by atoms with E-state index in [0.717, 1.165) is 11.4 Å². The zero-order valence-corrected chi connectivity index (χ0v) is 16.6. The van der Waals surface area contributed by atoms with Gasteiger partial charge in [0, 0.05) is 12.1 Å². The van der Waals surface area contributed by atoms with E-state index in [1.807, 2.05) is 39.0 Å². The summed E-state index contributed by atoms with van der Waals surface area (Å²) in [7, 11) is 0. The van der Waals surface area contributed by atoms with E-state index in [0.29, 0.717) is 17.6 Å². The summed E-state index contributed by atoms with van der Waals surface area (Å²) in [6.45, 7) is 5.71. The fourth-order valence-corrected chi connectivity index (χ4v) is 4.01. The number of benzene rings is 1. The molecule has 0 radical (unpaired) electrons. The Balaban J connectivity index is 1.78. The van der Waals surface area contributed by atoms with Gasteiger partial charge in [0.1, 0.15) is 5.60 Å². The van der Waals surface area contributed by atoms with Crippen LogP contribution in [-0.4, -0.2) is 23.7 Å². The molecule has 0 spiro atoms. The van der Waals surface area contributed by atoms with Crippen LogP contribution < -0.4 is 10.6 Å². The smallest absolute Gasteiger partial charge is 0.338 e. The van der Waals surface area contributed by atoms with E-state index >= 15 is 0 Å². The minimum absolute atomic E-state index is 0.254. The van der Waals surface area contributed by atoms with Gasteiger partial charge in [0.15, 0.2) is 0 Å². The summed E-state index contributed by atoms with van der Waals surface area (Å²) in [4.78, 5) is 12.5. The normalized spacial score (nSPS) is 19.3. The topological polar surface area (TPSA) is 50.4 Å². The predicted molar refractivity (Wildman–Crippen MR) is 108 cm³/mol. The molecule has 3 rings (SSSR count). The van der Waals surface area contributed by atoms with Crippen LogP contribution in [0, 0.1) is 0 Å². The molecule has 0 saturated heterocycles. The van der Waals surface area contributed by atoms with Gasteiger partial charge < -0.3 is 15.4 Å². The third-order valence-electron chi connectivity index (χ3n) is 5.33. The summed E-state index contributed by atoms with van der Waals surface area (Å²) < 4.78 is 5.55. The lowest BCUT2D eigenvalue weighted by molar-refractivity contribution is 0.00696. The first-order valence-electron chi connectivity index (χ1n) is 10.3. The maximum absolute atomic E-state index is 12.5. The Morgan fingerprint density at radius 1 is 0.885 bits per heavy atom. The standard InChI is InChI=1S/C22H34N2O2/c1-22(2,3)26-21(25)16-13-14-19(23-17-9-5-4-6-10-17)20(15-16)24-18-11-7-8-12-18/h13-15,17-18,23-24H,4-12H2,1-3H3. The van der Waals surface area contributed by atoms with Gasteiger partial charge in [0.05, 0.1) is 16.9 Å². The first-order chi connectivity index (χ1) is 12.4. The number of rotatable bonds is 5. The Hall–Kier alpha value is -1.71. The zero-order chi connectivity index (χ0) is 18.6. The highest BCUT2D eigenvalue weighted by molar-refractivity contribution is 5.92. The van der Waals surface area contributed by atoms with Gasteiger partial charge in [-0.2, -0.15) is 0 Å². The number of hydrogen-bond acceptors (Lipinski definition) is 4. The molecule has 1 aromatic rings. The van der Waals surface area contributed by atoms with Crippen molar-refractivity contribution in [2.24, 2.45) is 0 Å². The van der Waals surface area contributed by atoms with Crippen molar-refractivity contribution in [2.75, 3.05) is 10.6 Å².